The van der Waals surface area contributed by atoms with Gasteiger partial charge in [0, 0.05) is 18.3 Å². The first kappa shape index (κ1) is 18.2. The van der Waals surface area contributed by atoms with Crippen molar-refractivity contribution in [2.75, 3.05) is 0 Å². The van der Waals surface area contributed by atoms with Crippen molar-refractivity contribution in [1.82, 2.24) is 4.98 Å². The average molecular weight is 366 g/mol. The van der Waals surface area contributed by atoms with Gasteiger partial charge in [-0.25, -0.2) is 0 Å². The Bertz CT molecular complexity index is 865. The average Bonchev–Trinajstić information content (AvgIpc) is 2.97. The Kier molecular flexibility index (Phi) is 5.38. The molecule has 1 unspecified atom stereocenters. The molecule has 0 aliphatic heterocycles. The summed E-state index contributed by atoms with van der Waals surface area (Å²) in [6, 6.07) is 21.9. The molecule has 0 N–H and O–H groups in total. The number of rotatable bonds is 4. The van der Waals surface area contributed by atoms with E-state index in [1.807, 2.05) is 61.5 Å². The van der Waals surface area contributed by atoms with Crippen LogP contribution >= 0.6 is 12.4 Å². The molecule has 3 aromatic rings. The van der Waals surface area contributed by atoms with Crippen LogP contribution in [0.4, 0.5) is 0 Å². The summed E-state index contributed by atoms with van der Waals surface area (Å²) < 4.78 is 5.77. The maximum absolute atomic E-state index is 12.9. The molecule has 0 bridgehead atoms. The second-order valence-electron chi connectivity index (χ2n) is 6.38. The minimum absolute atomic E-state index is 0. The van der Waals surface area contributed by atoms with Crippen LogP contribution in [0, 0.1) is 0 Å². The number of pyridine rings is 1. The van der Waals surface area contributed by atoms with Crippen molar-refractivity contribution in [3.8, 4) is 11.1 Å². The van der Waals surface area contributed by atoms with Gasteiger partial charge in [-0.15, -0.1) is 12.4 Å². The molecule has 3 nitrogen and oxygen atoms in total. The Labute approximate surface area is 159 Å². The summed E-state index contributed by atoms with van der Waals surface area (Å²) in [7, 11) is 0. The summed E-state index contributed by atoms with van der Waals surface area (Å²) in [5.41, 5.74) is 5.22. The summed E-state index contributed by atoms with van der Waals surface area (Å²) in [4.78, 5) is 17.2. The third-order valence-electron chi connectivity index (χ3n) is 4.61. The summed E-state index contributed by atoms with van der Waals surface area (Å²) in [6.45, 7) is 1.92. The molecule has 0 amide bonds. The molecular weight excluding hydrogens is 346 g/mol. The van der Waals surface area contributed by atoms with Gasteiger partial charge in [-0.05, 0) is 41.3 Å². The molecule has 1 aromatic heterocycles. The van der Waals surface area contributed by atoms with Crippen molar-refractivity contribution in [1.29, 1.82) is 0 Å². The number of carbonyl (C=O) groups is 1. The van der Waals surface area contributed by atoms with Crippen LogP contribution in [0.3, 0.4) is 0 Å². The molecule has 4 rings (SSSR count). The Hall–Kier alpha value is -2.65. The van der Waals surface area contributed by atoms with Crippen LogP contribution in [0.2, 0.25) is 0 Å². The predicted octanol–water partition coefficient (Wildman–Crippen LogP) is 4.79. The van der Waals surface area contributed by atoms with Crippen LogP contribution < -0.4 is 0 Å². The summed E-state index contributed by atoms with van der Waals surface area (Å²) >= 11 is 0. The molecule has 1 aliphatic carbocycles. The van der Waals surface area contributed by atoms with Crippen molar-refractivity contribution in [3.63, 3.8) is 0 Å². The molecule has 1 atom stereocenters. The highest BCUT2D eigenvalue weighted by molar-refractivity contribution is 5.93. The highest BCUT2D eigenvalue weighted by Gasteiger charge is 2.35. The maximum atomic E-state index is 12.9. The van der Waals surface area contributed by atoms with Crippen molar-refractivity contribution in [2.24, 2.45) is 0 Å². The summed E-state index contributed by atoms with van der Waals surface area (Å²) in [6.07, 6.45) is 2.15. The van der Waals surface area contributed by atoms with Gasteiger partial charge >= 0.3 is 5.97 Å². The number of hydrogen-bond acceptors (Lipinski definition) is 3. The molecule has 1 aliphatic rings. The van der Waals surface area contributed by atoms with Gasteiger partial charge in [0.05, 0.1) is 0 Å². The third-order valence-corrected chi connectivity index (χ3v) is 4.61. The van der Waals surface area contributed by atoms with Crippen LogP contribution in [0.5, 0.6) is 0 Å². The van der Waals surface area contributed by atoms with Gasteiger partial charge in [-0.1, -0.05) is 54.6 Å². The highest BCUT2D eigenvalue weighted by atomic mass is 35.5. The molecular formula is C22H20ClNO2. The minimum atomic E-state index is -0.349. The van der Waals surface area contributed by atoms with Crippen LogP contribution in [0.1, 0.15) is 29.7 Å². The Morgan fingerprint density at radius 1 is 0.962 bits per heavy atom. The highest BCUT2D eigenvalue weighted by Crippen LogP contribution is 2.45. The van der Waals surface area contributed by atoms with E-state index in [4.69, 9.17) is 4.74 Å². The van der Waals surface area contributed by atoms with Gasteiger partial charge in [0.2, 0.25) is 0 Å². The van der Waals surface area contributed by atoms with Gasteiger partial charge in [-0.3, -0.25) is 9.78 Å². The summed E-state index contributed by atoms with van der Waals surface area (Å²) in [5.74, 6) is -0.542. The zero-order valence-corrected chi connectivity index (χ0v) is 15.3. The lowest BCUT2D eigenvalue weighted by Crippen LogP contribution is -2.22. The fraction of sp³-hybridized carbons (Fsp3) is 0.182. The normalized spacial score (nSPS) is 13.3. The molecule has 1 heterocycles. The van der Waals surface area contributed by atoms with Gasteiger partial charge in [0.15, 0.2) is 0 Å². The lowest BCUT2D eigenvalue weighted by molar-refractivity contribution is -0.148. The monoisotopic (exact) mass is 365 g/mol. The molecule has 0 radical (unpaired) electrons. The Balaban J connectivity index is 0.00000196. The first-order chi connectivity index (χ1) is 12.2. The van der Waals surface area contributed by atoms with Crippen molar-refractivity contribution in [3.05, 3.63) is 89.7 Å². The van der Waals surface area contributed by atoms with Crippen molar-refractivity contribution in [2.45, 2.75) is 25.4 Å². The lowest BCUT2D eigenvalue weighted by atomic mass is 9.97. The fourth-order valence-corrected chi connectivity index (χ4v) is 3.53. The standard InChI is InChI=1S/C22H19NO2.ClH/c1-15(14-16-8-6-7-13-23-16)25-22(24)21-19-11-4-2-9-17(19)18-10-3-5-12-20(18)21;/h2-13,15,21H,14H2,1H3;1H. The lowest BCUT2D eigenvalue weighted by Gasteiger charge is -2.17. The largest absolute Gasteiger partial charge is 0.462 e. The van der Waals surface area contributed by atoms with E-state index < -0.39 is 0 Å². The SMILES string of the molecule is CC(Cc1ccccn1)OC(=O)C1c2ccccc2-c2ccccc21.Cl. The number of carbonyl (C=O) groups excluding carboxylic acids is 1. The van der Waals surface area contributed by atoms with Crippen LogP contribution in [-0.4, -0.2) is 17.1 Å². The molecule has 0 saturated carbocycles. The van der Waals surface area contributed by atoms with E-state index in [1.165, 1.54) is 0 Å². The quantitative estimate of drug-likeness (QED) is 0.624. The number of ether oxygens (including phenoxy) is 1. The van der Waals surface area contributed by atoms with Crippen LogP contribution in [0.25, 0.3) is 11.1 Å². The second kappa shape index (κ2) is 7.71. The Morgan fingerprint density at radius 3 is 2.12 bits per heavy atom. The molecule has 26 heavy (non-hydrogen) atoms. The smallest absolute Gasteiger partial charge is 0.318 e. The number of hydrogen-bond donors (Lipinski definition) is 0. The minimum Gasteiger partial charge on any atom is -0.462 e. The van der Waals surface area contributed by atoms with E-state index >= 15 is 0 Å². The molecule has 0 saturated heterocycles. The molecule has 2 aromatic carbocycles. The van der Waals surface area contributed by atoms with Crippen LogP contribution in [0.15, 0.2) is 72.9 Å². The van der Waals surface area contributed by atoms with Crippen molar-refractivity contribution >= 4 is 18.4 Å². The number of aromatic nitrogens is 1. The maximum Gasteiger partial charge on any atom is 0.318 e. The topological polar surface area (TPSA) is 39.2 Å². The van der Waals surface area contributed by atoms with Gasteiger partial charge in [0.25, 0.3) is 0 Å². The zero-order chi connectivity index (χ0) is 17.2. The summed E-state index contributed by atoms with van der Waals surface area (Å²) in [5, 5.41) is 0. The number of esters is 1. The van der Waals surface area contributed by atoms with Crippen molar-refractivity contribution < 1.29 is 9.53 Å². The van der Waals surface area contributed by atoms with E-state index in [9.17, 15) is 4.79 Å². The van der Waals surface area contributed by atoms with E-state index in [2.05, 4.69) is 17.1 Å². The zero-order valence-electron chi connectivity index (χ0n) is 14.5. The molecule has 0 spiro atoms. The predicted molar refractivity (Wildman–Crippen MR) is 104 cm³/mol. The van der Waals surface area contributed by atoms with Gasteiger partial charge in [0.1, 0.15) is 12.0 Å². The number of benzene rings is 2. The Morgan fingerprint density at radius 2 is 1.54 bits per heavy atom. The van der Waals surface area contributed by atoms with Gasteiger partial charge in [-0.2, -0.15) is 0 Å². The second-order valence-corrected chi connectivity index (χ2v) is 6.38. The van der Waals surface area contributed by atoms with Crippen LogP contribution in [-0.2, 0) is 16.0 Å². The molecule has 132 valence electrons. The van der Waals surface area contributed by atoms with Gasteiger partial charge < -0.3 is 4.74 Å². The third kappa shape index (κ3) is 3.35. The first-order valence-electron chi connectivity index (χ1n) is 8.52. The molecule has 0 fully saturated rings. The first-order valence-corrected chi connectivity index (χ1v) is 8.52. The van der Waals surface area contributed by atoms with E-state index in [-0.39, 0.29) is 30.4 Å². The number of halogens is 1. The van der Waals surface area contributed by atoms with E-state index in [0.717, 1.165) is 27.9 Å². The van der Waals surface area contributed by atoms with E-state index in [0.29, 0.717) is 6.42 Å². The number of fused-ring (bicyclic) bond motifs is 3. The molecule has 4 heteroatoms. The number of nitrogens with zero attached hydrogens (tertiary/aromatic N) is 1. The fourth-order valence-electron chi connectivity index (χ4n) is 3.53. The van der Waals surface area contributed by atoms with E-state index in [1.54, 1.807) is 6.20 Å².